The van der Waals surface area contributed by atoms with E-state index in [9.17, 15) is 0 Å². The molecule has 1 heterocycles. The van der Waals surface area contributed by atoms with Gasteiger partial charge in [0.25, 0.3) is 0 Å². The minimum atomic E-state index is 0.376. The van der Waals surface area contributed by atoms with Gasteiger partial charge in [0, 0.05) is 12.1 Å². The Balaban J connectivity index is 2.88. The number of aromatic nitrogens is 2. The molecule has 0 saturated carbocycles. The van der Waals surface area contributed by atoms with Gasteiger partial charge in [-0.2, -0.15) is 0 Å². The number of likely N-dealkylation sites (N-methyl/N-ethyl adjacent to an activating group) is 1. The molecule has 0 unspecified atom stereocenters. The molecule has 0 atom stereocenters. The Morgan fingerprint density at radius 3 is 2.59 bits per heavy atom. The summed E-state index contributed by atoms with van der Waals surface area (Å²) in [6.45, 7) is 5.13. The maximum absolute atomic E-state index is 5.20. The van der Waals surface area contributed by atoms with Crippen LogP contribution in [-0.2, 0) is 0 Å². The predicted octanol–water partition coefficient (Wildman–Crippen LogP) is 2.18. The molecule has 0 aliphatic rings. The van der Waals surface area contributed by atoms with Gasteiger partial charge >= 0.3 is 0 Å². The fourth-order valence-electron chi connectivity index (χ4n) is 1.45. The van der Waals surface area contributed by atoms with E-state index in [4.69, 9.17) is 4.74 Å². The van der Waals surface area contributed by atoms with Crippen molar-refractivity contribution in [1.82, 2.24) is 15.1 Å². The third-order valence-electron chi connectivity index (χ3n) is 2.38. The van der Waals surface area contributed by atoms with Crippen molar-refractivity contribution in [1.29, 1.82) is 0 Å². The number of methoxy groups -OCH3 is 1. The second kappa shape index (κ2) is 6.35. The van der Waals surface area contributed by atoms with Gasteiger partial charge in [0.2, 0.25) is 5.88 Å². The van der Waals surface area contributed by atoms with Crippen LogP contribution in [0, 0.1) is 0 Å². The van der Waals surface area contributed by atoms with E-state index in [-0.39, 0.29) is 0 Å². The Bertz CT molecular complexity index is 386. The van der Waals surface area contributed by atoms with Crippen LogP contribution in [-0.4, -0.2) is 42.8 Å². The molecule has 0 bridgehead atoms. The van der Waals surface area contributed by atoms with Gasteiger partial charge in [0.15, 0.2) is 0 Å². The van der Waals surface area contributed by atoms with Crippen LogP contribution in [0.2, 0.25) is 0 Å². The largest absolute Gasteiger partial charge is 0.480 e. The third-order valence-corrected chi connectivity index (χ3v) is 2.38. The quantitative estimate of drug-likeness (QED) is 0.784. The number of nitrogens with zero attached hydrogens (tertiary/aromatic N) is 3. The Morgan fingerprint density at radius 1 is 1.35 bits per heavy atom. The standard InChI is InChI=1S/C13H21N3O/c1-10(2)12-9-11(7-6-8-16(3)4)14-15-13(12)17-5/h6-7,9-10H,8H2,1-5H3/b7-6+. The van der Waals surface area contributed by atoms with E-state index >= 15 is 0 Å². The van der Waals surface area contributed by atoms with Gasteiger partial charge < -0.3 is 9.64 Å². The second-order valence-corrected chi connectivity index (χ2v) is 4.55. The SMILES string of the molecule is COc1nnc(/C=C/CN(C)C)cc1C(C)C. The van der Waals surface area contributed by atoms with Crippen LogP contribution in [0.25, 0.3) is 6.08 Å². The lowest BCUT2D eigenvalue weighted by atomic mass is 10.0. The van der Waals surface area contributed by atoms with Crippen LogP contribution in [0.4, 0.5) is 0 Å². The number of rotatable bonds is 5. The first-order valence-corrected chi connectivity index (χ1v) is 5.77. The van der Waals surface area contributed by atoms with Crippen molar-refractivity contribution >= 4 is 6.08 Å². The van der Waals surface area contributed by atoms with E-state index in [0.29, 0.717) is 11.8 Å². The fourth-order valence-corrected chi connectivity index (χ4v) is 1.45. The number of hydrogen-bond donors (Lipinski definition) is 0. The Kier molecular flexibility index (Phi) is 5.10. The first-order valence-electron chi connectivity index (χ1n) is 5.77. The van der Waals surface area contributed by atoms with Crippen LogP contribution >= 0.6 is 0 Å². The summed E-state index contributed by atoms with van der Waals surface area (Å²) in [4.78, 5) is 2.09. The Hall–Kier alpha value is -1.42. The molecule has 0 spiro atoms. The zero-order valence-electron chi connectivity index (χ0n) is 11.3. The first kappa shape index (κ1) is 13.6. The first-order chi connectivity index (χ1) is 8.04. The zero-order valence-corrected chi connectivity index (χ0v) is 11.3. The summed E-state index contributed by atoms with van der Waals surface area (Å²) in [6.07, 6.45) is 4.05. The predicted molar refractivity (Wildman–Crippen MR) is 70.3 cm³/mol. The lowest BCUT2D eigenvalue weighted by molar-refractivity contribution is 0.384. The van der Waals surface area contributed by atoms with Crippen molar-refractivity contribution in [2.75, 3.05) is 27.7 Å². The second-order valence-electron chi connectivity index (χ2n) is 4.55. The third kappa shape index (κ3) is 4.15. The van der Waals surface area contributed by atoms with Gasteiger partial charge in [-0.25, -0.2) is 0 Å². The molecule has 1 aromatic rings. The Labute approximate surface area is 103 Å². The summed E-state index contributed by atoms with van der Waals surface area (Å²) in [6, 6.07) is 2.03. The number of ether oxygens (including phenoxy) is 1. The summed E-state index contributed by atoms with van der Waals surface area (Å²) < 4.78 is 5.20. The minimum Gasteiger partial charge on any atom is -0.480 e. The van der Waals surface area contributed by atoms with Crippen LogP contribution in [0.5, 0.6) is 5.88 Å². The molecule has 1 aromatic heterocycles. The molecule has 0 amide bonds. The lowest BCUT2D eigenvalue weighted by Gasteiger charge is -2.10. The average Bonchev–Trinajstić information content (AvgIpc) is 2.28. The molecule has 0 saturated heterocycles. The molecule has 0 aromatic carbocycles. The van der Waals surface area contributed by atoms with E-state index in [1.165, 1.54) is 0 Å². The fraction of sp³-hybridized carbons (Fsp3) is 0.538. The summed E-state index contributed by atoms with van der Waals surface area (Å²) >= 11 is 0. The highest BCUT2D eigenvalue weighted by atomic mass is 16.5. The van der Waals surface area contributed by atoms with E-state index in [0.717, 1.165) is 17.8 Å². The minimum absolute atomic E-state index is 0.376. The summed E-state index contributed by atoms with van der Waals surface area (Å²) in [5.41, 5.74) is 1.96. The van der Waals surface area contributed by atoms with Crippen LogP contribution in [0.3, 0.4) is 0 Å². The molecule has 4 heteroatoms. The summed E-state index contributed by atoms with van der Waals surface area (Å²) in [7, 11) is 5.69. The van der Waals surface area contributed by atoms with Gasteiger partial charge in [-0.15, -0.1) is 10.2 Å². The molecule has 17 heavy (non-hydrogen) atoms. The van der Waals surface area contributed by atoms with Crippen LogP contribution in [0.15, 0.2) is 12.1 Å². The van der Waals surface area contributed by atoms with Gasteiger partial charge in [0.05, 0.1) is 12.8 Å². The molecule has 0 aliphatic carbocycles. The zero-order chi connectivity index (χ0) is 12.8. The number of hydrogen-bond acceptors (Lipinski definition) is 4. The van der Waals surface area contributed by atoms with Crippen molar-refractivity contribution in [3.63, 3.8) is 0 Å². The molecule has 0 fully saturated rings. The highest BCUT2D eigenvalue weighted by Gasteiger charge is 2.09. The van der Waals surface area contributed by atoms with Crippen LogP contribution < -0.4 is 4.74 Å². The molecular formula is C13H21N3O. The molecule has 0 radical (unpaired) electrons. The van der Waals surface area contributed by atoms with E-state index in [1.807, 2.05) is 26.2 Å². The Morgan fingerprint density at radius 2 is 2.06 bits per heavy atom. The van der Waals surface area contributed by atoms with Gasteiger partial charge in [0.1, 0.15) is 0 Å². The molecule has 0 N–H and O–H groups in total. The van der Waals surface area contributed by atoms with Crippen molar-refractivity contribution in [3.8, 4) is 5.88 Å². The average molecular weight is 235 g/mol. The van der Waals surface area contributed by atoms with Gasteiger partial charge in [-0.1, -0.05) is 19.9 Å². The van der Waals surface area contributed by atoms with E-state index < -0.39 is 0 Å². The molecule has 4 nitrogen and oxygen atoms in total. The van der Waals surface area contributed by atoms with Crippen molar-refractivity contribution in [2.24, 2.45) is 0 Å². The molecule has 0 aliphatic heterocycles. The summed E-state index contributed by atoms with van der Waals surface area (Å²) in [5.74, 6) is 0.992. The van der Waals surface area contributed by atoms with Crippen molar-refractivity contribution in [3.05, 3.63) is 23.4 Å². The van der Waals surface area contributed by atoms with E-state index in [1.54, 1.807) is 7.11 Å². The van der Waals surface area contributed by atoms with E-state index in [2.05, 4.69) is 35.0 Å². The molecule has 94 valence electrons. The smallest absolute Gasteiger partial charge is 0.236 e. The monoisotopic (exact) mass is 235 g/mol. The molecular weight excluding hydrogens is 214 g/mol. The highest BCUT2D eigenvalue weighted by Crippen LogP contribution is 2.23. The topological polar surface area (TPSA) is 38.3 Å². The maximum atomic E-state index is 5.20. The van der Waals surface area contributed by atoms with Gasteiger partial charge in [-0.3, -0.25) is 0 Å². The highest BCUT2D eigenvalue weighted by molar-refractivity contribution is 5.47. The maximum Gasteiger partial charge on any atom is 0.236 e. The van der Waals surface area contributed by atoms with Gasteiger partial charge in [-0.05, 0) is 32.2 Å². The summed E-state index contributed by atoms with van der Waals surface area (Å²) in [5, 5.41) is 8.19. The van der Waals surface area contributed by atoms with Crippen molar-refractivity contribution < 1.29 is 4.74 Å². The van der Waals surface area contributed by atoms with Crippen LogP contribution in [0.1, 0.15) is 31.0 Å². The normalized spacial score (nSPS) is 11.7. The molecule has 1 rings (SSSR count). The van der Waals surface area contributed by atoms with Crippen molar-refractivity contribution in [2.45, 2.75) is 19.8 Å². The lowest BCUT2D eigenvalue weighted by Crippen LogP contribution is -2.10.